The molecule has 0 unspecified atom stereocenters. The van der Waals surface area contributed by atoms with Gasteiger partial charge in [-0.1, -0.05) is 0 Å². The molecule has 0 spiro atoms. The molecule has 0 saturated heterocycles. The Morgan fingerprint density at radius 2 is 2.33 bits per heavy atom. The number of nitrogen functional groups attached to an aromatic ring is 2. The summed E-state index contributed by atoms with van der Waals surface area (Å²) in [4.78, 5) is 14.7. The second-order valence-corrected chi connectivity index (χ2v) is 2.33. The molecule has 2 aromatic rings. The van der Waals surface area contributed by atoms with Crippen molar-refractivity contribution in [3.63, 3.8) is 0 Å². The average Bonchev–Trinajstić information content (AvgIpc) is 2.28. The van der Waals surface area contributed by atoms with Crippen LogP contribution in [0.3, 0.4) is 0 Å². The first-order valence-corrected chi connectivity index (χ1v) is 3.20. The van der Waals surface area contributed by atoms with Gasteiger partial charge in [-0.2, -0.15) is 4.68 Å². The topological polar surface area (TPSA) is 100 Å². The molecule has 0 amide bonds. The van der Waals surface area contributed by atoms with Crippen LogP contribution in [0, 0.1) is 0 Å². The van der Waals surface area contributed by atoms with E-state index in [1.807, 2.05) is 0 Å². The number of rotatable bonds is 0. The van der Waals surface area contributed by atoms with Gasteiger partial charge in [0, 0.05) is 6.07 Å². The van der Waals surface area contributed by atoms with Crippen LogP contribution >= 0.6 is 0 Å². The SMILES string of the molecule is Nc1cnc2c(c1)oc(=O)n2N. The van der Waals surface area contributed by atoms with E-state index in [1.54, 1.807) is 0 Å². The number of fused-ring (bicyclic) bond motifs is 1. The maximum atomic E-state index is 10.8. The van der Waals surface area contributed by atoms with Crippen molar-refractivity contribution in [1.82, 2.24) is 9.66 Å². The average molecular weight is 166 g/mol. The fourth-order valence-corrected chi connectivity index (χ4v) is 0.938. The number of nitrogens with two attached hydrogens (primary N) is 2. The summed E-state index contributed by atoms with van der Waals surface area (Å²) < 4.78 is 5.55. The van der Waals surface area contributed by atoms with Gasteiger partial charge in [0.1, 0.15) is 0 Å². The molecule has 2 heterocycles. The first kappa shape index (κ1) is 6.71. The minimum absolute atomic E-state index is 0.286. The highest BCUT2D eigenvalue weighted by atomic mass is 16.4. The smallest absolute Gasteiger partial charge is 0.405 e. The molecular weight excluding hydrogens is 160 g/mol. The van der Waals surface area contributed by atoms with E-state index in [2.05, 4.69) is 4.98 Å². The molecule has 0 aliphatic carbocycles. The van der Waals surface area contributed by atoms with E-state index in [0.29, 0.717) is 11.3 Å². The van der Waals surface area contributed by atoms with Crippen molar-refractivity contribution >= 4 is 16.9 Å². The lowest BCUT2D eigenvalue weighted by molar-refractivity contribution is 0.535. The Balaban J connectivity index is 2.96. The second-order valence-electron chi connectivity index (χ2n) is 2.33. The standard InChI is InChI=1S/C6H6N4O2/c7-3-1-4-5(9-2-3)10(8)6(11)12-4/h1-2H,7-8H2. The lowest BCUT2D eigenvalue weighted by Gasteiger charge is -1.90. The van der Waals surface area contributed by atoms with E-state index >= 15 is 0 Å². The minimum atomic E-state index is -0.650. The maximum absolute atomic E-state index is 10.8. The molecule has 0 aliphatic rings. The van der Waals surface area contributed by atoms with Crippen molar-refractivity contribution in [3.05, 3.63) is 22.8 Å². The number of anilines is 1. The molecule has 4 N–H and O–H groups in total. The summed E-state index contributed by atoms with van der Waals surface area (Å²) in [5.41, 5.74) is 6.42. The highest BCUT2D eigenvalue weighted by molar-refractivity contribution is 5.71. The highest BCUT2D eigenvalue weighted by Crippen LogP contribution is 2.10. The third kappa shape index (κ3) is 0.746. The van der Waals surface area contributed by atoms with Crippen molar-refractivity contribution in [1.29, 1.82) is 0 Å². The molecule has 0 aliphatic heterocycles. The van der Waals surface area contributed by atoms with Crippen molar-refractivity contribution in [2.75, 3.05) is 11.6 Å². The Morgan fingerprint density at radius 3 is 3.08 bits per heavy atom. The summed E-state index contributed by atoms with van der Waals surface area (Å²) in [6, 6.07) is 1.49. The Hall–Kier alpha value is -1.98. The molecule has 2 aromatic heterocycles. The van der Waals surface area contributed by atoms with Crippen LogP contribution in [0.5, 0.6) is 0 Å². The van der Waals surface area contributed by atoms with E-state index in [0.717, 1.165) is 4.68 Å². The summed E-state index contributed by atoms with van der Waals surface area (Å²) >= 11 is 0. The first-order valence-electron chi connectivity index (χ1n) is 3.20. The number of pyridine rings is 1. The van der Waals surface area contributed by atoms with Crippen LogP contribution in [-0.2, 0) is 0 Å². The van der Waals surface area contributed by atoms with Gasteiger partial charge in [0.15, 0.2) is 5.58 Å². The first-order chi connectivity index (χ1) is 5.68. The van der Waals surface area contributed by atoms with Gasteiger partial charge in [-0.05, 0) is 0 Å². The second kappa shape index (κ2) is 2.00. The van der Waals surface area contributed by atoms with Crippen molar-refractivity contribution < 1.29 is 4.42 Å². The fourth-order valence-electron chi connectivity index (χ4n) is 0.938. The van der Waals surface area contributed by atoms with Crippen LogP contribution in [0.25, 0.3) is 11.2 Å². The van der Waals surface area contributed by atoms with Crippen LogP contribution in [0.15, 0.2) is 21.5 Å². The molecule has 0 bridgehead atoms. The molecule has 0 atom stereocenters. The molecule has 0 radical (unpaired) electrons. The van der Waals surface area contributed by atoms with Gasteiger partial charge in [0.2, 0.25) is 5.65 Å². The number of aromatic nitrogens is 2. The summed E-state index contributed by atoms with van der Waals surface area (Å²) in [7, 11) is 0. The third-order valence-electron chi connectivity index (χ3n) is 1.48. The zero-order valence-corrected chi connectivity index (χ0v) is 6.02. The molecular formula is C6H6N4O2. The van der Waals surface area contributed by atoms with Gasteiger partial charge in [-0.3, -0.25) is 0 Å². The van der Waals surface area contributed by atoms with Crippen LogP contribution in [0.4, 0.5) is 5.69 Å². The lowest BCUT2D eigenvalue weighted by Crippen LogP contribution is -2.22. The summed E-state index contributed by atoms with van der Waals surface area (Å²) in [5, 5.41) is 0. The van der Waals surface area contributed by atoms with E-state index in [-0.39, 0.29) is 5.65 Å². The predicted molar refractivity (Wildman–Crippen MR) is 42.8 cm³/mol. The molecule has 2 rings (SSSR count). The summed E-state index contributed by atoms with van der Waals surface area (Å²) in [5.74, 6) is 4.65. The molecule has 12 heavy (non-hydrogen) atoms. The van der Waals surface area contributed by atoms with E-state index in [1.165, 1.54) is 12.3 Å². The van der Waals surface area contributed by atoms with Gasteiger partial charge in [-0.15, -0.1) is 0 Å². The molecule has 0 aromatic carbocycles. The van der Waals surface area contributed by atoms with Crippen LogP contribution in [0.1, 0.15) is 0 Å². The summed E-state index contributed by atoms with van der Waals surface area (Å²) in [6.45, 7) is 0. The fraction of sp³-hybridized carbons (Fsp3) is 0. The van der Waals surface area contributed by atoms with Crippen molar-refractivity contribution in [2.24, 2.45) is 0 Å². The normalized spacial score (nSPS) is 10.7. The Bertz CT molecular complexity index is 484. The Morgan fingerprint density at radius 1 is 1.58 bits per heavy atom. The number of oxazole rings is 1. The van der Waals surface area contributed by atoms with Crippen molar-refractivity contribution in [3.8, 4) is 0 Å². The summed E-state index contributed by atoms with van der Waals surface area (Å²) in [6.07, 6.45) is 1.40. The van der Waals surface area contributed by atoms with Crippen LogP contribution < -0.4 is 17.3 Å². The van der Waals surface area contributed by atoms with E-state index in [4.69, 9.17) is 16.0 Å². The highest BCUT2D eigenvalue weighted by Gasteiger charge is 2.06. The van der Waals surface area contributed by atoms with Gasteiger partial charge in [0.25, 0.3) is 0 Å². The van der Waals surface area contributed by atoms with Gasteiger partial charge in [-0.25, -0.2) is 9.78 Å². The lowest BCUT2D eigenvalue weighted by atomic mass is 10.4. The molecule has 0 fully saturated rings. The Labute approximate surface area is 66.4 Å². The minimum Gasteiger partial charge on any atom is -0.405 e. The number of nitrogens with zero attached hydrogens (tertiary/aromatic N) is 2. The molecule has 6 heteroatoms. The van der Waals surface area contributed by atoms with E-state index in [9.17, 15) is 4.79 Å². The zero-order valence-electron chi connectivity index (χ0n) is 6.02. The van der Waals surface area contributed by atoms with Crippen LogP contribution in [0.2, 0.25) is 0 Å². The quantitative estimate of drug-likeness (QED) is 0.503. The molecule has 6 nitrogen and oxygen atoms in total. The van der Waals surface area contributed by atoms with Gasteiger partial charge >= 0.3 is 5.76 Å². The molecule has 0 saturated carbocycles. The van der Waals surface area contributed by atoms with Gasteiger partial charge in [0.05, 0.1) is 11.9 Å². The van der Waals surface area contributed by atoms with E-state index < -0.39 is 5.76 Å². The monoisotopic (exact) mass is 166 g/mol. The predicted octanol–water partition coefficient (Wildman–Crippen LogP) is -0.715. The maximum Gasteiger partial charge on any atom is 0.440 e. The third-order valence-corrected chi connectivity index (χ3v) is 1.48. The van der Waals surface area contributed by atoms with Gasteiger partial charge < -0.3 is 16.0 Å². The molecule has 62 valence electrons. The zero-order chi connectivity index (χ0) is 8.72. The largest absolute Gasteiger partial charge is 0.440 e. The van der Waals surface area contributed by atoms with Crippen molar-refractivity contribution in [2.45, 2.75) is 0 Å². The van der Waals surface area contributed by atoms with Crippen LogP contribution in [-0.4, -0.2) is 9.66 Å². The number of hydrogen-bond acceptors (Lipinski definition) is 5. The number of hydrogen-bond donors (Lipinski definition) is 2. The Kier molecular flexibility index (Phi) is 1.12.